The molecule has 0 aromatic heterocycles. The number of rotatable bonds is 5. The van der Waals surface area contributed by atoms with Crippen molar-refractivity contribution < 1.29 is 9.53 Å². The third kappa shape index (κ3) is 3.58. The molecule has 21 heavy (non-hydrogen) atoms. The first-order valence-electron chi connectivity index (χ1n) is 6.57. The smallest absolute Gasteiger partial charge is 0.163 e. The van der Waals surface area contributed by atoms with Gasteiger partial charge in [0.1, 0.15) is 5.75 Å². The lowest BCUT2D eigenvalue weighted by Crippen LogP contribution is -2.39. The molecule has 0 saturated heterocycles. The second kappa shape index (κ2) is 6.50. The minimum Gasteiger partial charge on any atom is -0.480 e. The van der Waals surface area contributed by atoms with Gasteiger partial charge < -0.3 is 4.74 Å². The van der Waals surface area contributed by atoms with Crippen molar-refractivity contribution in [1.29, 1.82) is 0 Å². The molecule has 0 saturated carbocycles. The maximum atomic E-state index is 11.5. The number of aldehydes is 1. The van der Waals surface area contributed by atoms with Crippen LogP contribution in [0.4, 0.5) is 0 Å². The van der Waals surface area contributed by atoms with Crippen LogP contribution in [0.2, 0.25) is 10.0 Å². The van der Waals surface area contributed by atoms with E-state index in [0.29, 0.717) is 15.8 Å². The van der Waals surface area contributed by atoms with Crippen LogP contribution >= 0.6 is 23.2 Å². The predicted molar refractivity (Wildman–Crippen MR) is 86.4 cm³/mol. The van der Waals surface area contributed by atoms with Gasteiger partial charge in [0, 0.05) is 10.4 Å². The molecule has 2 aromatic rings. The Hall–Kier alpha value is -1.51. The number of hydrogen-bond donors (Lipinski definition) is 0. The summed E-state index contributed by atoms with van der Waals surface area (Å²) in [5.41, 5.74) is 0.540. The Morgan fingerprint density at radius 2 is 1.76 bits per heavy atom. The zero-order chi connectivity index (χ0) is 15.5. The highest BCUT2D eigenvalue weighted by molar-refractivity contribution is 6.35. The SMILES string of the molecule is CC(C)(c1ccccc1)C(C=O)Oc1ccc(Cl)cc1Cl. The highest BCUT2D eigenvalue weighted by atomic mass is 35.5. The predicted octanol–water partition coefficient (Wildman–Crippen LogP) is 4.92. The van der Waals surface area contributed by atoms with Crippen LogP contribution in [-0.2, 0) is 10.2 Å². The monoisotopic (exact) mass is 322 g/mol. The van der Waals surface area contributed by atoms with Crippen molar-refractivity contribution in [3.8, 4) is 5.75 Å². The van der Waals surface area contributed by atoms with Crippen molar-refractivity contribution in [1.82, 2.24) is 0 Å². The van der Waals surface area contributed by atoms with E-state index in [1.807, 2.05) is 44.2 Å². The molecule has 2 nitrogen and oxygen atoms in total. The van der Waals surface area contributed by atoms with Crippen LogP contribution in [0.15, 0.2) is 48.5 Å². The average Bonchev–Trinajstić information content (AvgIpc) is 2.47. The Balaban J connectivity index is 2.29. The van der Waals surface area contributed by atoms with Crippen molar-refractivity contribution in [2.75, 3.05) is 0 Å². The summed E-state index contributed by atoms with van der Waals surface area (Å²) in [4.78, 5) is 11.5. The summed E-state index contributed by atoms with van der Waals surface area (Å²) in [6.07, 6.45) is 0.149. The van der Waals surface area contributed by atoms with Gasteiger partial charge >= 0.3 is 0 Å². The van der Waals surface area contributed by atoms with Crippen LogP contribution in [0.25, 0.3) is 0 Å². The minimum absolute atomic E-state index is 0.387. The number of ether oxygens (including phenoxy) is 1. The van der Waals surface area contributed by atoms with Crippen molar-refractivity contribution in [3.05, 3.63) is 64.1 Å². The number of hydrogen-bond acceptors (Lipinski definition) is 2. The van der Waals surface area contributed by atoms with Gasteiger partial charge in [-0.05, 0) is 23.8 Å². The molecule has 1 unspecified atom stereocenters. The van der Waals surface area contributed by atoms with Gasteiger partial charge in [-0.1, -0.05) is 67.4 Å². The molecular formula is C17H16Cl2O2. The van der Waals surface area contributed by atoms with Gasteiger partial charge in [-0.15, -0.1) is 0 Å². The Labute approximate surface area is 134 Å². The topological polar surface area (TPSA) is 26.3 Å². The summed E-state index contributed by atoms with van der Waals surface area (Å²) in [7, 11) is 0. The summed E-state index contributed by atoms with van der Waals surface area (Å²) < 4.78 is 5.81. The van der Waals surface area contributed by atoms with E-state index in [0.717, 1.165) is 11.8 Å². The van der Waals surface area contributed by atoms with Gasteiger partial charge in [-0.25, -0.2) is 0 Å². The van der Waals surface area contributed by atoms with Crippen molar-refractivity contribution in [2.45, 2.75) is 25.4 Å². The van der Waals surface area contributed by atoms with E-state index < -0.39 is 11.5 Å². The lowest BCUT2D eigenvalue weighted by molar-refractivity contribution is -0.116. The van der Waals surface area contributed by atoms with E-state index in [-0.39, 0.29) is 0 Å². The van der Waals surface area contributed by atoms with Crippen LogP contribution in [0, 0.1) is 0 Å². The standard InChI is InChI=1S/C17H16Cl2O2/c1-17(2,12-6-4-3-5-7-12)16(11-20)21-15-9-8-13(18)10-14(15)19/h3-11,16H,1-2H3. The molecule has 0 spiro atoms. The summed E-state index contributed by atoms with van der Waals surface area (Å²) in [5, 5.41) is 0.913. The third-order valence-corrected chi connectivity index (χ3v) is 4.03. The molecule has 2 rings (SSSR count). The molecule has 0 radical (unpaired) electrons. The maximum absolute atomic E-state index is 11.5. The van der Waals surface area contributed by atoms with E-state index in [4.69, 9.17) is 27.9 Å². The molecule has 2 aromatic carbocycles. The van der Waals surface area contributed by atoms with Gasteiger partial charge in [-0.3, -0.25) is 4.79 Å². The van der Waals surface area contributed by atoms with E-state index in [1.165, 1.54) is 0 Å². The average molecular weight is 323 g/mol. The molecular weight excluding hydrogens is 307 g/mol. The van der Waals surface area contributed by atoms with E-state index in [1.54, 1.807) is 18.2 Å². The fourth-order valence-electron chi connectivity index (χ4n) is 2.08. The zero-order valence-corrected chi connectivity index (χ0v) is 13.4. The number of carbonyl (C=O) groups is 1. The quantitative estimate of drug-likeness (QED) is 0.730. The van der Waals surface area contributed by atoms with Crippen LogP contribution in [0.1, 0.15) is 19.4 Å². The number of carbonyl (C=O) groups excluding carboxylic acids is 1. The molecule has 0 aliphatic rings. The third-order valence-electron chi connectivity index (χ3n) is 3.50. The molecule has 0 amide bonds. The van der Waals surface area contributed by atoms with Gasteiger partial charge in [-0.2, -0.15) is 0 Å². The lowest BCUT2D eigenvalue weighted by Gasteiger charge is -2.31. The number of halogens is 2. The molecule has 4 heteroatoms. The van der Waals surface area contributed by atoms with Crippen LogP contribution in [0.5, 0.6) is 5.75 Å². The van der Waals surface area contributed by atoms with Crippen molar-refractivity contribution in [2.24, 2.45) is 0 Å². The summed E-state index contributed by atoms with van der Waals surface area (Å²) in [6.45, 7) is 3.93. The van der Waals surface area contributed by atoms with Crippen LogP contribution in [-0.4, -0.2) is 12.4 Å². The van der Waals surface area contributed by atoms with E-state index in [2.05, 4.69) is 0 Å². The summed E-state index contributed by atoms with van der Waals surface area (Å²) >= 11 is 12.0. The fraction of sp³-hybridized carbons (Fsp3) is 0.235. The van der Waals surface area contributed by atoms with E-state index >= 15 is 0 Å². The lowest BCUT2D eigenvalue weighted by atomic mass is 9.80. The molecule has 0 fully saturated rings. The molecule has 0 heterocycles. The first-order chi connectivity index (χ1) is 9.95. The highest BCUT2D eigenvalue weighted by Crippen LogP contribution is 2.33. The molecule has 0 N–H and O–H groups in total. The van der Waals surface area contributed by atoms with Gasteiger partial charge in [0.05, 0.1) is 5.02 Å². The fourth-order valence-corrected chi connectivity index (χ4v) is 2.54. The molecule has 110 valence electrons. The first kappa shape index (κ1) is 15.9. The number of benzene rings is 2. The Morgan fingerprint density at radius 1 is 1.10 bits per heavy atom. The first-order valence-corrected chi connectivity index (χ1v) is 7.33. The second-order valence-electron chi connectivity index (χ2n) is 5.34. The summed E-state index contributed by atoms with van der Waals surface area (Å²) in [5.74, 6) is 0.446. The van der Waals surface area contributed by atoms with E-state index in [9.17, 15) is 4.79 Å². The van der Waals surface area contributed by atoms with Gasteiger partial charge in [0.2, 0.25) is 0 Å². The van der Waals surface area contributed by atoms with Crippen molar-refractivity contribution in [3.63, 3.8) is 0 Å². The molecule has 0 aliphatic heterocycles. The Bertz CT molecular complexity index is 624. The Kier molecular flexibility index (Phi) is 4.92. The van der Waals surface area contributed by atoms with Gasteiger partial charge in [0.25, 0.3) is 0 Å². The van der Waals surface area contributed by atoms with Gasteiger partial charge in [0.15, 0.2) is 12.4 Å². The normalized spacial score (nSPS) is 12.8. The zero-order valence-electron chi connectivity index (χ0n) is 11.8. The molecule has 1 atom stereocenters. The molecule has 0 bridgehead atoms. The highest BCUT2D eigenvalue weighted by Gasteiger charge is 2.33. The second-order valence-corrected chi connectivity index (χ2v) is 6.18. The van der Waals surface area contributed by atoms with Crippen molar-refractivity contribution >= 4 is 29.5 Å². The molecule has 0 aliphatic carbocycles. The largest absolute Gasteiger partial charge is 0.480 e. The Morgan fingerprint density at radius 3 is 2.33 bits per heavy atom. The van der Waals surface area contributed by atoms with Crippen LogP contribution < -0.4 is 4.74 Å². The minimum atomic E-state index is -0.654. The summed E-state index contributed by atoms with van der Waals surface area (Å²) in [6, 6.07) is 14.7. The maximum Gasteiger partial charge on any atom is 0.163 e. The van der Waals surface area contributed by atoms with Crippen LogP contribution in [0.3, 0.4) is 0 Å².